The maximum Gasteiger partial charge on any atom is 0.266 e. The number of hydrogen-bond acceptors (Lipinski definition) is 5. The molecule has 3 rings (SSSR count). The van der Waals surface area contributed by atoms with E-state index in [1.807, 2.05) is 19.1 Å². The van der Waals surface area contributed by atoms with Crippen LogP contribution in [0.1, 0.15) is 18.1 Å². The maximum absolute atomic E-state index is 12.5. The molecule has 0 spiro atoms. The number of halogens is 2. The second kappa shape index (κ2) is 9.18. The van der Waals surface area contributed by atoms with E-state index >= 15 is 0 Å². The molecule has 1 aliphatic rings. The number of methoxy groups -OCH3 is 1. The highest BCUT2D eigenvalue weighted by Crippen LogP contribution is 2.35. The minimum atomic E-state index is -0.105. The molecule has 146 valence electrons. The molecule has 0 atom stereocenters. The molecule has 2 aromatic carbocycles. The highest BCUT2D eigenvalue weighted by atomic mass is 35.5. The average molecular weight is 454 g/mol. The third-order valence-corrected chi connectivity index (χ3v) is 6.06. The van der Waals surface area contributed by atoms with E-state index in [1.54, 1.807) is 42.4 Å². The monoisotopic (exact) mass is 453 g/mol. The van der Waals surface area contributed by atoms with Gasteiger partial charge in [0.05, 0.1) is 12.0 Å². The van der Waals surface area contributed by atoms with E-state index in [-0.39, 0.29) is 12.5 Å². The van der Waals surface area contributed by atoms with Crippen LogP contribution in [0.2, 0.25) is 10.0 Å². The molecule has 1 fully saturated rings. The number of rotatable bonds is 6. The standard InChI is InChI=1S/C20H17Cl2NO3S2/c1-3-23-19(24)18(28-20(23)27)9-13-8-15(25-2)6-7-17(13)26-11-12-4-5-14(21)10-16(12)22/h4-10H,3,11H2,1-2H3/b18-9-. The van der Waals surface area contributed by atoms with E-state index < -0.39 is 0 Å². The lowest BCUT2D eigenvalue weighted by Gasteiger charge is -2.12. The fourth-order valence-corrected chi connectivity index (χ4v) is 4.44. The van der Waals surface area contributed by atoms with E-state index in [9.17, 15) is 4.79 Å². The molecule has 0 aliphatic carbocycles. The summed E-state index contributed by atoms with van der Waals surface area (Å²) in [5.74, 6) is 1.16. The number of carbonyl (C=O) groups is 1. The molecular formula is C20H17Cl2NO3S2. The van der Waals surface area contributed by atoms with Crippen molar-refractivity contribution in [3.8, 4) is 11.5 Å². The molecule has 0 N–H and O–H groups in total. The number of ether oxygens (including phenoxy) is 2. The fraction of sp³-hybridized carbons (Fsp3) is 0.200. The van der Waals surface area contributed by atoms with Crippen molar-refractivity contribution in [3.05, 3.63) is 62.5 Å². The Kier molecular flexibility index (Phi) is 6.88. The first kappa shape index (κ1) is 21.0. The van der Waals surface area contributed by atoms with Crippen LogP contribution in [0, 0.1) is 0 Å². The van der Waals surface area contributed by atoms with Gasteiger partial charge in [-0.15, -0.1) is 0 Å². The lowest BCUT2D eigenvalue weighted by atomic mass is 10.1. The van der Waals surface area contributed by atoms with Gasteiger partial charge in [-0.3, -0.25) is 9.69 Å². The van der Waals surface area contributed by atoms with Crippen LogP contribution < -0.4 is 9.47 Å². The number of thiocarbonyl (C=S) groups is 1. The normalized spacial score (nSPS) is 15.4. The zero-order valence-corrected chi connectivity index (χ0v) is 18.3. The molecule has 0 bridgehead atoms. The minimum Gasteiger partial charge on any atom is -0.497 e. The van der Waals surface area contributed by atoms with E-state index in [0.29, 0.717) is 37.3 Å². The van der Waals surface area contributed by atoms with Gasteiger partial charge < -0.3 is 9.47 Å². The summed E-state index contributed by atoms with van der Waals surface area (Å²) >= 11 is 18.7. The number of hydrogen-bond donors (Lipinski definition) is 0. The lowest BCUT2D eigenvalue weighted by molar-refractivity contribution is -0.121. The van der Waals surface area contributed by atoms with Crippen LogP contribution in [0.25, 0.3) is 6.08 Å². The Labute approximate surface area is 183 Å². The van der Waals surface area contributed by atoms with Crippen LogP contribution in [-0.4, -0.2) is 28.8 Å². The largest absolute Gasteiger partial charge is 0.497 e. The van der Waals surface area contributed by atoms with Gasteiger partial charge in [0, 0.05) is 27.7 Å². The predicted octanol–water partition coefficient (Wildman–Crippen LogP) is 5.80. The summed E-state index contributed by atoms with van der Waals surface area (Å²) in [6, 6.07) is 10.7. The molecule has 4 nitrogen and oxygen atoms in total. The Balaban J connectivity index is 1.89. The van der Waals surface area contributed by atoms with E-state index in [2.05, 4.69) is 0 Å². The van der Waals surface area contributed by atoms with Crippen LogP contribution >= 0.6 is 47.2 Å². The topological polar surface area (TPSA) is 38.8 Å². The van der Waals surface area contributed by atoms with Crippen molar-refractivity contribution >= 4 is 63.5 Å². The van der Waals surface area contributed by atoms with Crippen molar-refractivity contribution in [2.75, 3.05) is 13.7 Å². The zero-order chi connectivity index (χ0) is 20.3. The van der Waals surface area contributed by atoms with Gasteiger partial charge in [-0.2, -0.15) is 0 Å². The summed E-state index contributed by atoms with van der Waals surface area (Å²) in [4.78, 5) is 14.6. The Morgan fingerprint density at radius 1 is 1.21 bits per heavy atom. The molecule has 1 saturated heterocycles. The second-order valence-electron chi connectivity index (χ2n) is 5.85. The Morgan fingerprint density at radius 2 is 2.00 bits per heavy atom. The molecule has 2 aromatic rings. The summed E-state index contributed by atoms with van der Waals surface area (Å²) < 4.78 is 11.8. The van der Waals surface area contributed by atoms with Crippen LogP contribution in [-0.2, 0) is 11.4 Å². The quantitative estimate of drug-likeness (QED) is 0.407. The van der Waals surface area contributed by atoms with Crippen molar-refractivity contribution in [1.82, 2.24) is 4.90 Å². The molecule has 28 heavy (non-hydrogen) atoms. The van der Waals surface area contributed by atoms with Crippen LogP contribution in [0.15, 0.2) is 41.3 Å². The van der Waals surface area contributed by atoms with E-state index in [0.717, 1.165) is 11.1 Å². The molecule has 1 heterocycles. The SMILES string of the molecule is CCN1C(=O)/C(=C/c2cc(OC)ccc2OCc2ccc(Cl)cc2Cl)SC1=S. The van der Waals surface area contributed by atoms with Crippen molar-refractivity contribution in [2.45, 2.75) is 13.5 Å². The first-order valence-electron chi connectivity index (χ1n) is 8.43. The highest BCUT2D eigenvalue weighted by Gasteiger charge is 2.30. The Hall–Kier alpha value is -1.73. The summed E-state index contributed by atoms with van der Waals surface area (Å²) in [6.45, 7) is 2.70. The predicted molar refractivity (Wildman–Crippen MR) is 119 cm³/mol. The lowest BCUT2D eigenvalue weighted by Crippen LogP contribution is -2.27. The maximum atomic E-state index is 12.5. The molecule has 1 amide bonds. The first-order valence-corrected chi connectivity index (χ1v) is 10.4. The van der Waals surface area contributed by atoms with Crippen molar-refractivity contribution in [3.63, 3.8) is 0 Å². The summed E-state index contributed by atoms with van der Waals surface area (Å²) in [6.07, 6.45) is 1.77. The van der Waals surface area contributed by atoms with Gasteiger partial charge in [0.1, 0.15) is 22.4 Å². The molecule has 8 heteroatoms. The molecule has 0 radical (unpaired) electrons. The molecule has 0 aromatic heterocycles. The van der Waals surface area contributed by atoms with Gasteiger partial charge in [-0.1, -0.05) is 53.2 Å². The number of nitrogens with zero attached hydrogens (tertiary/aromatic N) is 1. The van der Waals surface area contributed by atoms with Gasteiger partial charge in [0.25, 0.3) is 5.91 Å². The summed E-state index contributed by atoms with van der Waals surface area (Å²) in [7, 11) is 1.59. The number of thioether (sulfide) groups is 1. The van der Waals surface area contributed by atoms with Gasteiger partial charge >= 0.3 is 0 Å². The molecular weight excluding hydrogens is 437 g/mol. The van der Waals surface area contributed by atoms with Crippen molar-refractivity contribution < 1.29 is 14.3 Å². The van der Waals surface area contributed by atoms with Crippen LogP contribution in [0.5, 0.6) is 11.5 Å². The van der Waals surface area contributed by atoms with Crippen LogP contribution in [0.4, 0.5) is 0 Å². The second-order valence-corrected chi connectivity index (χ2v) is 8.37. The van der Waals surface area contributed by atoms with Crippen molar-refractivity contribution in [1.29, 1.82) is 0 Å². The molecule has 0 saturated carbocycles. The highest BCUT2D eigenvalue weighted by molar-refractivity contribution is 8.26. The smallest absolute Gasteiger partial charge is 0.266 e. The van der Waals surface area contributed by atoms with Gasteiger partial charge in [0.15, 0.2) is 0 Å². The number of amides is 1. The van der Waals surface area contributed by atoms with Crippen LogP contribution in [0.3, 0.4) is 0 Å². The van der Waals surface area contributed by atoms with Crippen molar-refractivity contribution in [2.24, 2.45) is 0 Å². The van der Waals surface area contributed by atoms with E-state index in [4.69, 9.17) is 44.9 Å². The fourth-order valence-electron chi connectivity index (χ4n) is 2.61. The van der Waals surface area contributed by atoms with Gasteiger partial charge in [-0.25, -0.2) is 0 Å². The number of carbonyl (C=O) groups excluding carboxylic acids is 1. The number of benzene rings is 2. The third kappa shape index (κ3) is 4.63. The van der Waals surface area contributed by atoms with E-state index in [1.165, 1.54) is 11.8 Å². The van der Waals surface area contributed by atoms with Gasteiger partial charge in [-0.05, 0) is 43.3 Å². The first-order chi connectivity index (χ1) is 13.4. The Bertz CT molecular complexity index is 962. The summed E-state index contributed by atoms with van der Waals surface area (Å²) in [5.41, 5.74) is 1.53. The minimum absolute atomic E-state index is 0.105. The van der Waals surface area contributed by atoms with Gasteiger partial charge in [0.2, 0.25) is 0 Å². The molecule has 0 unspecified atom stereocenters. The average Bonchev–Trinajstić information content (AvgIpc) is 2.94. The number of likely N-dealkylation sites (N-methyl/N-ethyl adjacent to an activating group) is 1. The third-order valence-electron chi connectivity index (χ3n) is 4.09. The summed E-state index contributed by atoms with van der Waals surface area (Å²) in [5, 5.41) is 1.10. The Morgan fingerprint density at radius 3 is 2.64 bits per heavy atom. The molecule has 1 aliphatic heterocycles. The zero-order valence-electron chi connectivity index (χ0n) is 15.2.